The highest BCUT2D eigenvalue weighted by Gasteiger charge is 2.35. The zero-order valence-electron chi connectivity index (χ0n) is 12.9. The Hall–Kier alpha value is -2.44. The number of hydrogen-bond acceptors (Lipinski definition) is 4. The van der Waals surface area contributed by atoms with E-state index in [2.05, 4.69) is 0 Å². The average Bonchev–Trinajstić information content (AvgIpc) is 2.49. The van der Waals surface area contributed by atoms with Gasteiger partial charge in [0, 0.05) is 36.8 Å². The summed E-state index contributed by atoms with van der Waals surface area (Å²) in [6.07, 6.45) is 0. The molecule has 22 heavy (non-hydrogen) atoms. The Morgan fingerprint density at radius 2 is 1.86 bits per heavy atom. The second-order valence-corrected chi connectivity index (χ2v) is 5.63. The van der Waals surface area contributed by atoms with Gasteiger partial charge >= 0.3 is 0 Å². The molecule has 0 spiro atoms. The van der Waals surface area contributed by atoms with Gasteiger partial charge in [0.25, 0.3) is 5.69 Å². The summed E-state index contributed by atoms with van der Waals surface area (Å²) in [4.78, 5) is 37.9. The number of benzene rings is 1. The Morgan fingerprint density at radius 3 is 2.36 bits per heavy atom. The minimum atomic E-state index is -0.529. The molecular weight excluding hydrogens is 286 g/mol. The lowest BCUT2D eigenvalue weighted by Gasteiger charge is -2.39. The van der Waals surface area contributed by atoms with E-state index in [1.807, 2.05) is 13.8 Å². The predicted octanol–water partition coefficient (Wildman–Crippen LogP) is 1.81. The quantitative estimate of drug-likeness (QED) is 0.630. The number of nitro benzene ring substituents is 1. The number of rotatable bonds is 3. The maximum Gasteiger partial charge on any atom is 0.269 e. The highest BCUT2D eigenvalue weighted by atomic mass is 16.6. The first-order valence-corrected chi connectivity index (χ1v) is 7.19. The molecule has 1 aliphatic rings. The van der Waals surface area contributed by atoms with E-state index in [0.717, 1.165) is 0 Å². The number of amides is 2. The zero-order valence-corrected chi connectivity index (χ0v) is 12.9. The Balaban J connectivity index is 2.17. The third-order valence-electron chi connectivity index (χ3n) is 3.80. The van der Waals surface area contributed by atoms with E-state index in [4.69, 9.17) is 0 Å². The molecule has 118 valence electrons. The molecule has 1 aromatic rings. The molecule has 7 heteroatoms. The Bertz CT molecular complexity index is 597. The van der Waals surface area contributed by atoms with Gasteiger partial charge < -0.3 is 9.80 Å². The van der Waals surface area contributed by atoms with E-state index in [1.54, 1.807) is 28.9 Å². The molecule has 0 saturated carbocycles. The first-order valence-electron chi connectivity index (χ1n) is 7.19. The maximum absolute atomic E-state index is 12.5. The first kappa shape index (κ1) is 15.9. The number of nitrogens with zero attached hydrogens (tertiary/aromatic N) is 3. The molecule has 7 nitrogen and oxygen atoms in total. The Labute approximate surface area is 128 Å². The van der Waals surface area contributed by atoms with E-state index >= 15 is 0 Å². The van der Waals surface area contributed by atoms with Gasteiger partial charge in [0.15, 0.2) is 0 Å². The van der Waals surface area contributed by atoms with Crippen LogP contribution in [0.1, 0.15) is 20.8 Å². The Kier molecular flexibility index (Phi) is 4.44. The number of carbonyl (C=O) groups is 2. The van der Waals surface area contributed by atoms with Crippen LogP contribution in [0.25, 0.3) is 0 Å². The molecule has 0 unspecified atom stereocenters. The van der Waals surface area contributed by atoms with Crippen LogP contribution in [0, 0.1) is 16.0 Å². The number of anilines is 1. The van der Waals surface area contributed by atoms with Gasteiger partial charge in [-0.25, -0.2) is 0 Å². The molecule has 1 heterocycles. The van der Waals surface area contributed by atoms with Crippen LogP contribution < -0.4 is 4.90 Å². The van der Waals surface area contributed by atoms with Gasteiger partial charge in [-0.2, -0.15) is 0 Å². The molecule has 0 aliphatic carbocycles. The van der Waals surface area contributed by atoms with Crippen LogP contribution in [0.3, 0.4) is 0 Å². The van der Waals surface area contributed by atoms with Crippen LogP contribution in [-0.2, 0) is 9.59 Å². The topological polar surface area (TPSA) is 83.8 Å². The second-order valence-electron chi connectivity index (χ2n) is 5.63. The van der Waals surface area contributed by atoms with Crippen molar-refractivity contribution in [3.63, 3.8) is 0 Å². The van der Waals surface area contributed by atoms with Crippen molar-refractivity contribution in [2.45, 2.75) is 26.8 Å². The molecule has 1 atom stereocenters. The SMILES string of the molecule is CC(C)C(=O)N1CCN(c2ccc([N+](=O)[O-])cc2)C(=O)[C@@H]1C. The summed E-state index contributed by atoms with van der Waals surface area (Å²) in [5, 5.41) is 10.7. The van der Waals surface area contributed by atoms with Crippen LogP contribution >= 0.6 is 0 Å². The van der Waals surface area contributed by atoms with E-state index in [1.165, 1.54) is 12.1 Å². The lowest BCUT2D eigenvalue weighted by atomic mass is 10.1. The minimum Gasteiger partial charge on any atom is -0.329 e. The summed E-state index contributed by atoms with van der Waals surface area (Å²) in [6, 6.07) is 5.34. The van der Waals surface area contributed by atoms with E-state index in [9.17, 15) is 19.7 Å². The highest BCUT2D eigenvalue weighted by molar-refractivity contribution is 6.00. The highest BCUT2D eigenvalue weighted by Crippen LogP contribution is 2.23. The van der Waals surface area contributed by atoms with Crippen molar-refractivity contribution in [1.29, 1.82) is 0 Å². The number of hydrogen-bond donors (Lipinski definition) is 0. The van der Waals surface area contributed by atoms with Crippen molar-refractivity contribution < 1.29 is 14.5 Å². The lowest BCUT2D eigenvalue weighted by Crippen LogP contribution is -2.58. The molecular formula is C15H19N3O4. The average molecular weight is 305 g/mol. The molecule has 0 N–H and O–H groups in total. The summed E-state index contributed by atoms with van der Waals surface area (Å²) in [5.74, 6) is -0.362. The van der Waals surface area contributed by atoms with Gasteiger partial charge in [0.2, 0.25) is 11.8 Å². The summed E-state index contributed by atoms with van der Waals surface area (Å²) in [5.41, 5.74) is 0.594. The predicted molar refractivity (Wildman–Crippen MR) is 81.5 cm³/mol. The van der Waals surface area contributed by atoms with Crippen molar-refractivity contribution in [3.8, 4) is 0 Å². The number of carbonyl (C=O) groups excluding carboxylic acids is 2. The van der Waals surface area contributed by atoms with E-state index in [0.29, 0.717) is 18.8 Å². The summed E-state index contributed by atoms with van der Waals surface area (Å²) in [7, 11) is 0. The third kappa shape index (κ3) is 2.93. The maximum atomic E-state index is 12.5. The fraction of sp³-hybridized carbons (Fsp3) is 0.467. The normalized spacial score (nSPS) is 18.7. The second kappa shape index (κ2) is 6.13. The van der Waals surface area contributed by atoms with E-state index < -0.39 is 11.0 Å². The number of non-ortho nitro benzene ring substituents is 1. The molecule has 2 amide bonds. The fourth-order valence-corrected chi connectivity index (χ4v) is 2.51. The van der Waals surface area contributed by atoms with Gasteiger partial charge in [-0.05, 0) is 19.1 Å². The van der Waals surface area contributed by atoms with Crippen molar-refractivity contribution in [2.24, 2.45) is 5.92 Å². The van der Waals surface area contributed by atoms with Crippen molar-refractivity contribution in [1.82, 2.24) is 4.90 Å². The van der Waals surface area contributed by atoms with Gasteiger partial charge in [-0.1, -0.05) is 13.8 Å². The summed E-state index contributed by atoms with van der Waals surface area (Å²) >= 11 is 0. The standard InChI is InChI=1S/C15H19N3O4/c1-10(2)14(19)16-8-9-17(15(20)11(16)3)12-4-6-13(7-5-12)18(21)22/h4-7,10-11H,8-9H2,1-3H3/t11-/m0/s1. The molecule has 0 radical (unpaired) electrons. The minimum absolute atomic E-state index is 0.0159. The molecule has 0 aromatic heterocycles. The third-order valence-corrected chi connectivity index (χ3v) is 3.80. The molecule has 1 saturated heterocycles. The van der Waals surface area contributed by atoms with Gasteiger partial charge in [0.05, 0.1) is 4.92 Å². The summed E-state index contributed by atoms with van der Waals surface area (Å²) < 4.78 is 0. The molecule has 1 aliphatic heterocycles. The monoisotopic (exact) mass is 305 g/mol. The molecule has 1 aromatic carbocycles. The fourth-order valence-electron chi connectivity index (χ4n) is 2.51. The van der Waals surface area contributed by atoms with Crippen molar-refractivity contribution in [3.05, 3.63) is 34.4 Å². The smallest absolute Gasteiger partial charge is 0.269 e. The van der Waals surface area contributed by atoms with Crippen LogP contribution in [-0.4, -0.2) is 40.8 Å². The molecule has 0 bridgehead atoms. The van der Waals surface area contributed by atoms with Crippen LogP contribution in [0.2, 0.25) is 0 Å². The first-order chi connectivity index (χ1) is 10.3. The van der Waals surface area contributed by atoms with Crippen molar-refractivity contribution >= 4 is 23.2 Å². The van der Waals surface area contributed by atoms with Gasteiger partial charge in [-0.15, -0.1) is 0 Å². The zero-order chi connectivity index (χ0) is 16.4. The molecule has 1 fully saturated rings. The lowest BCUT2D eigenvalue weighted by molar-refractivity contribution is -0.384. The summed E-state index contributed by atoms with van der Waals surface area (Å²) in [6.45, 7) is 6.17. The Morgan fingerprint density at radius 1 is 1.27 bits per heavy atom. The number of nitro groups is 1. The van der Waals surface area contributed by atoms with Crippen molar-refractivity contribution in [2.75, 3.05) is 18.0 Å². The van der Waals surface area contributed by atoms with Crippen LogP contribution in [0.15, 0.2) is 24.3 Å². The molecule has 2 rings (SSSR count). The van der Waals surface area contributed by atoms with Gasteiger partial charge in [0.1, 0.15) is 6.04 Å². The van der Waals surface area contributed by atoms with Crippen LogP contribution in [0.4, 0.5) is 11.4 Å². The van der Waals surface area contributed by atoms with Crippen LogP contribution in [0.5, 0.6) is 0 Å². The largest absolute Gasteiger partial charge is 0.329 e. The van der Waals surface area contributed by atoms with E-state index in [-0.39, 0.29) is 23.4 Å². The van der Waals surface area contributed by atoms with Gasteiger partial charge in [-0.3, -0.25) is 19.7 Å². The number of piperazine rings is 1.